The second-order valence-electron chi connectivity index (χ2n) is 6.43. The highest BCUT2D eigenvalue weighted by Crippen LogP contribution is 1.99. The SMILES string of the molecule is CC(C)CCNCCN(CCN(C)C)CC(C)C. The number of hydrogen-bond acceptors (Lipinski definition) is 3. The van der Waals surface area contributed by atoms with Crippen LogP contribution in [0.2, 0.25) is 0 Å². The van der Waals surface area contributed by atoms with Crippen molar-refractivity contribution in [1.29, 1.82) is 0 Å². The lowest BCUT2D eigenvalue weighted by Gasteiger charge is -2.26. The quantitative estimate of drug-likeness (QED) is 0.572. The Hall–Kier alpha value is -0.120. The first kappa shape index (κ1) is 17.9. The summed E-state index contributed by atoms with van der Waals surface area (Å²) in [6.45, 7) is 16.1. The van der Waals surface area contributed by atoms with Gasteiger partial charge in [0.2, 0.25) is 0 Å². The van der Waals surface area contributed by atoms with E-state index in [1.807, 2.05) is 0 Å². The molecule has 3 heteroatoms. The smallest absolute Gasteiger partial charge is 0.0110 e. The number of nitrogens with one attached hydrogen (secondary N) is 1. The summed E-state index contributed by atoms with van der Waals surface area (Å²) in [5, 5.41) is 3.55. The highest BCUT2D eigenvalue weighted by molar-refractivity contribution is 4.64. The van der Waals surface area contributed by atoms with Gasteiger partial charge in [-0.2, -0.15) is 0 Å². The molecule has 0 radical (unpaired) electrons. The average molecular weight is 257 g/mol. The minimum atomic E-state index is 0.753. The highest BCUT2D eigenvalue weighted by atomic mass is 15.2. The number of nitrogens with zero attached hydrogens (tertiary/aromatic N) is 2. The molecule has 0 atom stereocenters. The maximum atomic E-state index is 3.55. The summed E-state index contributed by atoms with van der Waals surface area (Å²) < 4.78 is 0. The van der Waals surface area contributed by atoms with Crippen molar-refractivity contribution in [1.82, 2.24) is 15.1 Å². The Morgan fingerprint density at radius 1 is 0.833 bits per heavy atom. The normalized spacial score (nSPS) is 12.3. The maximum Gasteiger partial charge on any atom is 0.0110 e. The molecule has 0 spiro atoms. The molecule has 0 fully saturated rings. The molecular weight excluding hydrogens is 222 g/mol. The predicted molar refractivity (Wildman–Crippen MR) is 82.2 cm³/mol. The summed E-state index contributed by atoms with van der Waals surface area (Å²) >= 11 is 0. The first-order chi connectivity index (χ1) is 8.41. The zero-order chi connectivity index (χ0) is 14.0. The van der Waals surface area contributed by atoms with Crippen molar-refractivity contribution in [3.8, 4) is 0 Å². The van der Waals surface area contributed by atoms with Crippen molar-refractivity contribution < 1.29 is 0 Å². The van der Waals surface area contributed by atoms with Crippen LogP contribution in [-0.2, 0) is 0 Å². The zero-order valence-electron chi connectivity index (χ0n) is 13.5. The van der Waals surface area contributed by atoms with Gasteiger partial charge >= 0.3 is 0 Å². The molecule has 0 aromatic heterocycles. The van der Waals surface area contributed by atoms with Crippen molar-refractivity contribution in [3.05, 3.63) is 0 Å². The third kappa shape index (κ3) is 12.3. The Morgan fingerprint density at radius 3 is 2.00 bits per heavy atom. The second kappa shape index (κ2) is 10.8. The summed E-state index contributed by atoms with van der Waals surface area (Å²) in [7, 11) is 4.29. The summed E-state index contributed by atoms with van der Waals surface area (Å²) in [5.41, 5.74) is 0. The molecule has 0 unspecified atom stereocenters. The molecule has 3 nitrogen and oxygen atoms in total. The van der Waals surface area contributed by atoms with Crippen LogP contribution in [0, 0.1) is 11.8 Å². The predicted octanol–water partition coefficient (Wildman–Crippen LogP) is 2.14. The molecule has 0 saturated carbocycles. The summed E-state index contributed by atoms with van der Waals surface area (Å²) in [6, 6.07) is 0. The van der Waals surface area contributed by atoms with Crippen molar-refractivity contribution in [3.63, 3.8) is 0 Å². The molecule has 0 rings (SSSR count). The van der Waals surface area contributed by atoms with E-state index in [9.17, 15) is 0 Å². The summed E-state index contributed by atoms with van der Waals surface area (Å²) in [4.78, 5) is 4.84. The van der Waals surface area contributed by atoms with Crippen LogP contribution >= 0.6 is 0 Å². The van der Waals surface area contributed by atoms with Gasteiger partial charge in [-0.15, -0.1) is 0 Å². The van der Waals surface area contributed by atoms with Crippen LogP contribution in [-0.4, -0.2) is 63.2 Å². The van der Waals surface area contributed by atoms with Gasteiger partial charge in [-0.1, -0.05) is 27.7 Å². The van der Waals surface area contributed by atoms with E-state index in [-0.39, 0.29) is 0 Å². The molecule has 0 aliphatic rings. The van der Waals surface area contributed by atoms with Crippen LogP contribution in [0.25, 0.3) is 0 Å². The van der Waals surface area contributed by atoms with Gasteiger partial charge in [0.15, 0.2) is 0 Å². The lowest BCUT2D eigenvalue weighted by Crippen LogP contribution is -2.39. The fourth-order valence-corrected chi connectivity index (χ4v) is 1.91. The van der Waals surface area contributed by atoms with Crippen molar-refractivity contribution >= 4 is 0 Å². The number of rotatable bonds is 11. The van der Waals surface area contributed by atoms with Gasteiger partial charge in [0.25, 0.3) is 0 Å². The van der Waals surface area contributed by atoms with Crippen molar-refractivity contribution in [2.75, 3.05) is 53.4 Å². The molecule has 0 amide bonds. The van der Waals surface area contributed by atoms with E-state index in [0.29, 0.717) is 0 Å². The van der Waals surface area contributed by atoms with Crippen LogP contribution < -0.4 is 5.32 Å². The zero-order valence-corrected chi connectivity index (χ0v) is 13.5. The van der Waals surface area contributed by atoms with E-state index in [2.05, 4.69) is 56.9 Å². The number of likely N-dealkylation sites (N-methyl/N-ethyl adjacent to an activating group) is 1. The molecule has 0 aliphatic heterocycles. The Bertz CT molecular complexity index is 179. The van der Waals surface area contributed by atoms with Crippen molar-refractivity contribution in [2.24, 2.45) is 11.8 Å². The van der Waals surface area contributed by atoms with E-state index in [1.54, 1.807) is 0 Å². The van der Waals surface area contributed by atoms with Crippen LogP contribution in [0.15, 0.2) is 0 Å². The third-order valence-electron chi connectivity index (χ3n) is 2.99. The summed E-state index contributed by atoms with van der Waals surface area (Å²) in [5.74, 6) is 1.56. The molecule has 0 saturated heterocycles. The lowest BCUT2D eigenvalue weighted by molar-refractivity contribution is 0.219. The van der Waals surface area contributed by atoms with Gasteiger partial charge in [-0.3, -0.25) is 0 Å². The first-order valence-corrected chi connectivity index (χ1v) is 7.49. The van der Waals surface area contributed by atoms with Crippen LogP contribution in [0.3, 0.4) is 0 Å². The molecule has 110 valence electrons. The molecular formula is C15H35N3. The van der Waals surface area contributed by atoms with E-state index in [4.69, 9.17) is 0 Å². The van der Waals surface area contributed by atoms with Gasteiger partial charge < -0.3 is 15.1 Å². The Morgan fingerprint density at radius 2 is 1.50 bits per heavy atom. The Labute approximate surface area is 115 Å². The van der Waals surface area contributed by atoms with Crippen LogP contribution in [0.1, 0.15) is 34.1 Å². The van der Waals surface area contributed by atoms with Gasteiger partial charge in [-0.05, 0) is 38.9 Å². The van der Waals surface area contributed by atoms with Crippen LogP contribution in [0.5, 0.6) is 0 Å². The van der Waals surface area contributed by atoms with E-state index < -0.39 is 0 Å². The van der Waals surface area contributed by atoms with Gasteiger partial charge in [0, 0.05) is 32.7 Å². The Kier molecular flexibility index (Phi) is 10.7. The second-order valence-corrected chi connectivity index (χ2v) is 6.43. The minimum Gasteiger partial charge on any atom is -0.315 e. The lowest BCUT2D eigenvalue weighted by atomic mass is 10.1. The van der Waals surface area contributed by atoms with Gasteiger partial charge in [0.05, 0.1) is 0 Å². The van der Waals surface area contributed by atoms with E-state index in [1.165, 1.54) is 26.1 Å². The first-order valence-electron chi connectivity index (χ1n) is 7.49. The average Bonchev–Trinajstić information content (AvgIpc) is 2.23. The highest BCUT2D eigenvalue weighted by Gasteiger charge is 2.07. The monoisotopic (exact) mass is 257 g/mol. The maximum absolute atomic E-state index is 3.55. The third-order valence-corrected chi connectivity index (χ3v) is 2.99. The Balaban J connectivity index is 3.72. The molecule has 0 aromatic rings. The topological polar surface area (TPSA) is 18.5 Å². The largest absolute Gasteiger partial charge is 0.315 e. The van der Waals surface area contributed by atoms with Crippen LogP contribution in [0.4, 0.5) is 0 Å². The fourth-order valence-electron chi connectivity index (χ4n) is 1.91. The minimum absolute atomic E-state index is 0.753. The molecule has 0 bridgehead atoms. The molecule has 1 N–H and O–H groups in total. The number of hydrogen-bond donors (Lipinski definition) is 1. The molecule has 0 heterocycles. The van der Waals surface area contributed by atoms with E-state index >= 15 is 0 Å². The van der Waals surface area contributed by atoms with Gasteiger partial charge in [0.1, 0.15) is 0 Å². The van der Waals surface area contributed by atoms with Gasteiger partial charge in [-0.25, -0.2) is 0 Å². The van der Waals surface area contributed by atoms with E-state index in [0.717, 1.165) is 31.5 Å². The molecule has 18 heavy (non-hydrogen) atoms. The summed E-state index contributed by atoms with van der Waals surface area (Å²) in [6.07, 6.45) is 1.28. The van der Waals surface area contributed by atoms with Crippen molar-refractivity contribution in [2.45, 2.75) is 34.1 Å². The molecule has 0 aliphatic carbocycles. The fraction of sp³-hybridized carbons (Fsp3) is 1.00. The standard InChI is InChI=1S/C15H35N3/c1-14(2)7-8-16-9-10-18(13-15(3)4)12-11-17(5)6/h14-16H,7-13H2,1-6H3. The molecule has 0 aromatic carbocycles.